The molecule has 0 aromatic carbocycles. The Morgan fingerprint density at radius 3 is 2.40 bits per heavy atom. The lowest BCUT2D eigenvalue weighted by Crippen LogP contribution is -2.31. The average Bonchev–Trinajstić information content (AvgIpc) is 2.15. The van der Waals surface area contributed by atoms with E-state index in [0.717, 1.165) is 0 Å². The molecule has 0 rings (SSSR count). The fourth-order valence-electron chi connectivity index (χ4n) is 0.638. The number of thioether (sulfide) groups is 1. The van der Waals surface area contributed by atoms with Crippen LogP contribution in [0.4, 0.5) is 0 Å². The Balaban J connectivity index is 0. The van der Waals surface area contributed by atoms with Crippen molar-refractivity contribution in [1.82, 2.24) is 0 Å². The third-order valence-corrected chi connectivity index (χ3v) is 2.71. The first-order valence-electron chi connectivity index (χ1n) is 4.06. The number of aliphatic carboxylic acids is 1. The lowest BCUT2D eigenvalue weighted by atomic mass is 10.2. The third-order valence-electron chi connectivity index (χ3n) is 1.53. The molecule has 0 aliphatic carbocycles. The van der Waals surface area contributed by atoms with E-state index in [1.165, 1.54) is 11.8 Å². The summed E-state index contributed by atoms with van der Waals surface area (Å²) < 4.78 is 4.80. The van der Waals surface area contributed by atoms with E-state index in [-0.39, 0.29) is 34.7 Å². The number of carbonyl (C=O) groups excluding carboxylic acids is 1. The second-order valence-electron chi connectivity index (χ2n) is 2.80. The minimum atomic E-state index is -1.11. The summed E-state index contributed by atoms with van der Waals surface area (Å²) in [6.45, 7) is 1.65. The molecule has 2 atom stereocenters. The summed E-state index contributed by atoms with van der Waals surface area (Å²) >= 11 is 5.25. The zero-order valence-corrected chi connectivity index (χ0v) is 9.81. The van der Waals surface area contributed by atoms with Crippen LogP contribution in [0.15, 0.2) is 0 Å². The Bertz CT molecular complexity index is 213. The van der Waals surface area contributed by atoms with Crippen LogP contribution in [-0.2, 0) is 14.3 Å². The molecule has 0 amide bonds. The standard InChI is InChI=1S/C8H14O4S2.Mg.2H/c1-5(3-13)8(11)12-6(4-14-2)7(9)10;;;/h5-6,13H,3-4H2,1-2H3,(H,9,10);;;/t5-,6+;;;/m1.../s1. The number of hydrogen-bond acceptors (Lipinski definition) is 5. The maximum absolute atomic E-state index is 11.2. The second-order valence-corrected chi connectivity index (χ2v) is 4.08. The monoisotopic (exact) mass is 264 g/mol. The number of carboxylic acids is 1. The first kappa shape index (κ1) is 17.8. The smallest absolute Gasteiger partial charge is 0.345 e. The van der Waals surface area contributed by atoms with Crippen LogP contribution in [0, 0.1) is 5.92 Å². The number of hydrogen-bond donors (Lipinski definition) is 2. The van der Waals surface area contributed by atoms with E-state index in [4.69, 9.17) is 9.84 Å². The Labute approximate surface area is 115 Å². The summed E-state index contributed by atoms with van der Waals surface area (Å²) in [5, 5.41) is 8.70. The van der Waals surface area contributed by atoms with Crippen molar-refractivity contribution in [3.8, 4) is 0 Å². The fraction of sp³-hybridized carbons (Fsp3) is 0.750. The van der Waals surface area contributed by atoms with Crippen LogP contribution in [0.5, 0.6) is 0 Å². The maximum atomic E-state index is 11.2. The minimum absolute atomic E-state index is 0. The molecule has 0 aromatic heterocycles. The molecule has 4 nitrogen and oxygen atoms in total. The van der Waals surface area contributed by atoms with Gasteiger partial charge in [0.25, 0.3) is 0 Å². The van der Waals surface area contributed by atoms with Gasteiger partial charge in [0, 0.05) is 11.5 Å². The summed E-state index contributed by atoms with van der Waals surface area (Å²) in [6, 6.07) is 0. The van der Waals surface area contributed by atoms with Crippen LogP contribution in [0.25, 0.3) is 0 Å². The zero-order valence-electron chi connectivity index (χ0n) is 8.10. The summed E-state index contributed by atoms with van der Waals surface area (Å²) in [7, 11) is 0. The van der Waals surface area contributed by atoms with E-state index in [1.807, 2.05) is 0 Å². The molecule has 7 heteroatoms. The Kier molecular flexibility index (Phi) is 11.4. The molecule has 0 radical (unpaired) electrons. The largest absolute Gasteiger partial charge is 0.478 e. The first-order valence-corrected chi connectivity index (χ1v) is 6.08. The normalized spacial score (nSPS) is 13.5. The second kappa shape index (κ2) is 9.62. The average molecular weight is 265 g/mol. The van der Waals surface area contributed by atoms with Crippen LogP contribution in [-0.4, -0.2) is 64.0 Å². The van der Waals surface area contributed by atoms with Crippen molar-refractivity contribution in [3.05, 3.63) is 0 Å². The minimum Gasteiger partial charge on any atom is -0.478 e. The van der Waals surface area contributed by atoms with Crippen molar-refractivity contribution in [2.24, 2.45) is 5.92 Å². The van der Waals surface area contributed by atoms with Gasteiger partial charge in [-0.2, -0.15) is 24.4 Å². The number of carboxylic acid groups (broad SMARTS) is 1. The molecule has 0 spiro atoms. The predicted molar refractivity (Wildman–Crippen MR) is 67.5 cm³/mol. The van der Waals surface area contributed by atoms with Crippen molar-refractivity contribution in [2.75, 3.05) is 17.8 Å². The topological polar surface area (TPSA) is 63.6 Å². The Hall–Kier alpha value is 0.406. The lowest BCUT2D eigenvalue weighted by Gasteiger charge is -2.14. The van der Waals surface area contributed by atoms with Gasteiger partial charge in [-0.25, -0.2) is 4.79 Å². The van der Waals surface area contributed by atoms with Crippen LogP contribution in [0.1, 0.15) is 6.92 Å². The SMILES string of the molecule is CSC[C@H](OC(=O)[C@H](C)CS)C(=O)O.[MgH2]. The van der Waals surface area contributed by atoms with Crippen molar-refractivity contribution < 1.29 is 19.4 Å². The van der Waals surface area contributed by atoms with Gasteiger partial charge in [-0.3, -0.25) is 4.79 Å². The van der Waals surface area contributed by atoms with Gasteiger partial charge in [-0.05, 0) is 6.26 Å². The molecule has 0 saturated carbocycles. The van der Waals surface area contributed by atoms with Gasteiger partial charge >= 0.3 is 35.0 Å². The number of carbonyl (C=O) groups is 2. The predicted octanol–water partition coefficient (Wildman–Crippen LogP) is -0.00450. The molecule has 0 aliphatic heterocycles. The molecule has 0 aliphatic rings. The number of thiol groups is 1. The highest BCUT2D eigenvalue weighted by Gasteiger charge is 2.23. The molecular weight excluding hydrogens is 249 g/mol. The molecule has 0 heterocycles. The van der Waals surface area contributed by atoms with Crippen LogP contribution < -0.4 is 0 Å². The van der Waals surface area contributed by atoms with Gasteiger partial charge in [0.2, 0.25) is 6.10 Å². The van der Waals surface area contributed by atoms with E-state index in [1.54, 1.807) is 13.2 Å². The molecule has 0 fully saturated rings. The van der Waals surface area contributed by atoms with Crippen LogP contribution in [0.2, 0.25) is 0 Å². The Morgan fingerprint density at radius 2 is 2.07 bits per heavy atom. The first-order chi connectivity index (χ1) is 6.52. The number of esters is 1. The van der Waals surface area contributed by atoms with E-state index >= 15 is 0 Å². The molecule has 0 unspecified atom stereocenters. The molecule has 86 valence electrons. The van der Waals surface area contributed by atoms with Crippen molar-refractivity contribution >= 4 is 59.4 Å². The maximum Gasteiger partial charge on any atom is 0.345 e. The van der Waals surface area contributed by atoms with E-state index in [9.17, 15) is 9.59 Å². The molecule has 0 aromatic rings. The highest BCUT2D eigenvalue weighted by Crippen LogP contribution is 2.07. The third kappa shape index (κ3) is 7.32. The molecule has 0 bridgehead atoms. The number of ether oxygens (including phenoxy) is 1. The van der Waals surface area contributed by atoms with Gasteiger partial charge in [0.05, 0.1) is 5.92 Å². The highest BCUT2D eigenvalue weighted by atomic mass is 32.2. The summed E-state index contributed by atoms with van der Waals surface area (Å²) in [6.07, 6.45) is 0.700. The van der Waals surface area contributed by atoms with Gasteiger partial charge < -0.3 is 9.84 Å². The van der Waals surface area contributed by atoms with Gasteiger partial charge in [-0.1, -0.05) is 6.92 Å². The quantitative estimate of drug-likeness (QED) is 0.402. The van der Waals surface area contributed by atoms with E-state index in [2.05, 4.69) is 12.6 Å². The molecule has 1 N–H and O–H groups in total. The van der Waals surface area contributed by atoms with Crippen LogP contribution in [0.3, 0.4) is 0 Å². The molecule has 0 saturated heterocycles. The number of rotatable bonds is 6. The van der Waals surface area contributed by atoms with Gasteiger partial charge in [0.1, 0.15) is 0 Å². The fourth-order valence-corrected chi connectivity index (χ4v) is 1.30. The summed E-state index contributed by atoms with van der Waals surface area (Å²) in [4.78, 5) is 21.8. The summed E-state index contributed by atoms with van der Waals surface area (Å²) in [5.41, 5.74) is 0. The van der Waals surface area contributed by atoms with E-state index in [0.29, 0.717) is 5.75 Å². The van der Waals surface area contributed by atoms with Crippen molar-refractivity contribution in [1.29, 1.82) is 0 Å². The van der Waals surface area contributed by atoms with Crippen LogP contribution >= 0.6 is 24.4 Å². The summed E-state index contributed by atoms with van der Waals surface area (Å²) in [5.74, 6) is -1.38. The van der Waals surface area contributed by atoms with Crippen molar-refractivity contribution in [3.63, 3.8) is 0 Å². The lowest BCUT2D eigenvalue weighted by molar-refractivity contribution is -0.164. The van der Waals surface area contributed by atoms with Crippen molar-refractivity contribution in [2.45, 2.75) is 13.0 Å². The Morgan fingerprint density at radius 1 is 1.53 bits per heavy atom. The zero-order chi connectivity index (χ0) is 11.1. The highest BCUT2D eigenvalue weighted by molar-refractivity contribution is 7.98. The van der Waals surface area contributed by atoms with E-state index < -0.39 is 18.0 Å². The van der Waals surface area contributed by atoms with Gasteiger partial charge in [-0.15, -0.1) is 0 Å². The van der Waals surface area contributed by atoms with Gasteiger partial charge in [0.15, 0.2) is 0 Å². The molecular formula is C8H16MgO4S2. The molecule has 15 heavy (non-hydrogen) atoms.